The smallest absolute Gasteiger partial charge is 0.255 e. The van der Waals surface area contributed by atoms with Gasteiger partial charge < -0.3 is 15.5 Å². The average molecular weight is 402 g/mol. The van der Waals surface area contributed by atoms with E-state index in [1.807, 2.05) is 35.2 Å². The van der Waals surface area contributed by atoms with Crippen molar-refractivity contribution in [1.82, 2.24) is 10.2 Å². The van der Waals surface area contributed by atoms with Gasteiger partial charge in [0.2, 0.25) is 0 Å². The van der Waals surface area contributed by atoms with Crippen LogP contribution in [0.15, 0.2) is 54.6 Å². The zero-order chi connectivity index (χ0) is 19.1. The van der Waals surface area contributed by atoms with Gasteiger partial charge in [0.25, 0.3) is 11.8 Å². The third kappa shape index (κ3) is 5.57. The van der Waals surface area contributed by atoms with Crippen molar-refractivity contribution in [1.29, 1.82) is 0 Å². The van der Waals surface area contributed by atoms with Crippen LogP contribution in [-0.4, -0.2) is 42.9 Å². The maximum absolute atomic E-state index is 13.0. The first-order valence-electron chi connectivity index (χ1n) is 9.64. The lowest BCUT2D eigenvalue weighted by Crippen LogP contribution is -2.41. The summed E-state index contributed by atoms with van der Waals surface area (Å²) in [6.07, 6.45) is 2.02. The van der Waals surface area contributed by atoms with Gasteiger partial charge in [-0.2, -0.15) is 0 Å². The number of piperidine rings is 1. The highest BCUT2D eigenvalue weighted by atomic mass is 35.5. The van der Waals surface area contributed by atoms with Gasteiger partial charge in [-0.05, 0) is 56.1 Å². The number of amides is 2. The highest BCUT2D eigenvalue weighted by molar-refractivity contribution is 6.09. The summed E-state index contributed by atoms with van der Waals surface area (Å²) >= 11 is 0. The monoisotopic (exact) mass is 401 g/mol. The number of halogens is 1. The number of nitrogens with one attached hydrogen (secondary N) is 2. The molecule has 5 nitrogen and oxygen atoms in total. The topological polar surface area (TPSA) is 61.4 Å². The fraction of sp³-hybridized carbons (Fsp3) is 0.364. The van der Waals surface area contributed by atoms with Gasteiger partial charge >= 0.3 is 0 Å². The summed E-state index contributed by atoms with van der Waals surface area (Å²) in [6.45, 7) is 5.63. The van der Waals surface area contributed by atoms with E-state index < -0.39 is 0 Å². The second kappa shape index (κ2) is 10.8. The standard InChI is InChI=1S/C22H27N3O2.ClH/c1-2-23-16-17-12-14-25(15-13-17)22(27)19-10-6-7-11-20(19)24-21(26)18-8-4-3-5-9-18;/h3-11,17,23H,2,12-16H2,1H3,(H,24,26);1H. The van der Waals surface area contributed by atoms with Crippen molar-refractivity contribution in [3.8, 4) is 0 Å². The van der Waals surface area contributed by atoms with E-state index in [0.717, 1.165) is 39.0 Å². The Morgan fingerprint density at radius 1 is 1.00 bits per heavy atom. The minimum atomic E-state index is -0.208. The van der Waals surface area contributed by atoms with E-state index in [-0.39, 0.29) is 24.2 Å². The van der Waals surface area contributed by atoms with Crippen LogP contribution in [0.1, 0.15) is 40.5 Å². The molecule has 0 aromatic heterocycles. The molecule has 150 valence electrons. The molecule has 2 aromatic rings. The lowest BCUT2D eigenvalue weighted by molar-refractivity contribution is 0.0691. The molecule has 1 saturated heterocycles. The molecule has 1 heterocycles. The maximum Gasteiger partial charge on any atom is 0.255 e. The predicted octanol–water partition coefficient (Wildman–Crippen LogP) is 3.82. The SMILES string of the molecule is CCNCC1CCN(C(=O)c2ccccc2NC(=O)c2ccccc2)CC1.Cl. The molecule has 2 amide bonds. The Balaban J connectivity index is 0.00000280. The number of hydrogen-bond donors (Lipinski definition) is 2. The normalized spacial score (nSPS) is 14.2. The van der Waals surface area contributed by atoms with Gasteiger partial charge in [-0.25, -0.2) is 0 Å². The molecule has 6 heteroatoms. The van der Waals surface area contributed by atoms with E-state index in [1.165, 1.54) is 0 Å². The van der Waals surface area contributed by atoms with Gasteiger partial charge in [-0.3, -0.25) is 9.59 Å². The van der Waals surface area contributed by atoms with Gasteiger partial charge in [-0.15, -0.1) is 12.4 Å². The van der Waals surface area contributed by atoms with Crippen LogP contribution >= 0.6 is 12.4 Å². The first-order chi connectivity index (χ1) is 13.2. The summed E-state index contributed by atoms with van der Waals surface area (Å²) in [7, 11) is 0. The Morgan fingerprint density at radius 2 is 1.64 bits per heavy atom. The van der Waals surface area contributed by atoms with Crippen LogP contribution in [0.5, 0.6) is 0 Å². The fourth-order valence-electron chi connectivity index (χ4n) is 3.42. The Hall–Kier alpha value is -2.37. The van der Waals surface area contributed by atoms with Crippen molar-refractivity contribution >= 4 is 29.9 Å². The van der Waals surface area contributed by atoms with E-state index in [4.69, 9.17) is 0 Å². The number of benzene rings is 2. The first kappa shape index (κ1) is 21.9. The van der Waals surface area contributed by atoms with Crippen LogP contribution in [0.3, 0.4) is 0 Å². The molecule has 0 radical (unpaired) electrons. The van der Waals surface area contributed by atoms with Crippen LogP contribution < -0.4 is 10.6 Å². The van der Waals surface area contributed by atoms with Crippen molar-refractivity contribution in [2.45, 2.75) is 19.8 Å². The summed E-state index contributed by atoms with van der Waals surface area (Å²) in [5, 5.41) is 6.28. The Kier molecular flexibility index (Phi) is 8.48. The highest BCUT2D eigenvalue weighted by Gasteiger charge is 2.25. The fourth-order valence-corrected chi connectivity index (χ4v) is 3.42. The Labute approximate surface area is 172 Å². The van der Waals surface area contributed by atoms with Crippen LogP contribution in [0.4, 0.5) is 5.69 Å². The molecule has 1 aliphatic rings. The predicted molar refractivity (Wildman–Crippen MR) is 115 cm³/mol. The maximum atomic E-state index is 13.0. The Morgan fingerprint density at radius 3 is 2.32 bits per heavy atom. The van der Waals surface area contributed by atoms with Gasteiger partial charge in [0.1, 0.15) is 0 Å². The molecule has 0 saturated carbocycles. The summed E-state index contributed by atoms with van der Waals surface area (Å²) in [5.74, 6) is 0.406. The second-order valence-electron chi connectivity index (χ2n) is 6.91. The number of rotatable bonds is 6. The van der Waals surface area contributed by atoms with Gasteiger partial charge in [0, 0.05) is 18.7 Å². The number of para-hydroxylation sites is 1. The molecule has 0 bridgehead atoms. The van der Waals surface area contributed by atoms with Crippen LogP contribution in [-0.2, 0) is 0 Å². The molecule has 3 rings (SSSR count). The van der Waals surface area contributed by atoms with Crippen LogP contribution in [0.25, 0.3) is 0 Å². The van der Waals surface area contributed by atoms with Crippen molar-refractivity contribution in [2.24, 2.45) is 5.92 Å². The van der Waals surface area contributed by atoms with Crippen molar-refractivity contribution in [3.05, 3.63) is 65.7 Å². The number of anilines is 1. The molecule has 0 spiro atoms. The van der Waals surface area contributed by atoms with Crippen LogP contribution in [0, 0.1) is 5.92 Å². The number of nitrogens with zero attached hydrogens (tertiary/aromatic N) is 1. The molecule has 0 unspecified atom stereocenters. The molecular formula is C22H28ClN3O2. The summed E-state index contributed by atoms with van der Waals surface area (Å²) < 4.78 is 0. The lowest BCUT2D eigenvalue weighted by atomic mass is 9.96. The third-order valence-electron chi connectivity index (χ3n) is 5.03. The van der Waals surface area contributed by atoms with Gasteiger partial charge in [0.15, 0.2) is 0 Å². The van der Waals surface area contributed by atoms with Gasteiger partial charge in [0.05, 0.1) is 11.3 Å². The molecule has 2 aromatic carbocycles. The molecule has 2 N–H and O–H groups in total. The average Bonchev–Trinajstić information content (AvgIpc) is 2.73. The van der Waals surface area contributed by atoms with Crippen molar-refractivity contribution in [2.75, 3.05) is 31.5 Å². The molecule has 1 fully saturated rings. The van der Waals surface area contributed by atoms with Crippen molar-refractivity contribution in [3.63, 3.8) is 0 Å². The molecule has 28 heavy (non-hydrogen) atoms. The summed E-state index contributed by atoms with van der Waals surface area (Å²) in [5.41, 5.74) is 1.68. The second-order valence-corrected chi connectivity index (χ2v) is 6.91. The zero-order valence-corrected chi connectivity index (χ0v) is 17.0. The van der Waals surface area contributed by atoms with E-state index >= 15 is 0 Å². The van der Waals surface area contributed by atoms with E-state index in [9.17, 15) is 9.59 Å². The zero-order valence-electron chi connectivity index (χ0n) is 16.2. The van der Waals surface area contributed by atoms with E-state index in [2.05, 4.69) is 17.6 Å². The minimum Gasteiger partial charge on any atom is -0.339 e. The van der Waals surface area contributed by atoms with E-state index in [1.54, 1.807) is 24.3 Å². The highest BCUT2D eigenvalue weighted by Crippen LogP contribution is 2.22. The minimum absolute atomic E-state index is 0. The van der Waals surface area contributed by atoms with Crippen molar-refractivity contribution < 1.29 is 9.59 Å². The first-order valence-corrected chi connectivity index (χ1v) is 9.64. The number of carbonyl (C=O) groups excluding carboxylic acids is 2. The summed E-state index contributed by atoms with van der Waals surface area (Å²) in [6, 6.07) is 16.3. The third-order valence-corrected chi connectivity index (χ3v) is 5.03. The molecular weight excluding hydrogens is 374 g/mol. The number of likely N-dealkylation sites (tertiary alicyclic amines) is 1. The number of carbonyl (C=O) groups is 2. The number of hydrogen-bond acceptors (Lipinski definition) is 3. The molecule has 0 atom stereocenters. The Bertz CT molecular complexity index is 774. The quantitative estimate of drug-likeness (QED) is 0.773. The molecule has 0 aliphatic carbocycles. The van der Waals surface area contributed by atoms with Gasteiger partial charge in [-0.1, -0.05) is 37.3 Å². The lowest BCUT2D eigenvalue weighted by Gasteiger charge is -2.32. The van der Waals surface area contributed by atoms with Crippen LogP contribution in [0.2, 0.25) is 0 Å². The summed E-state index contributed by atoms with van der Waals surface area (Å²) in [4.78, 5) is 27.4. The largest absolute Gasteiger partial charge is 0.339 e. The van der Waals surface area contributed by atoms with E-state index in [0.29, 0.717) is 22.7 Å². The molecule has 1 aliphatic heterocycles.